The number of rotatable bonds is 1. The Bertz CT molecular complexity index is 592. The molecule has 1 nitrogen and oxygen atoms in total. The van der Waals surface area contributed by atoms with Gasteiger partial charge in [-0.05, 0) is 78.5 Å². The van der Waals surface area contributed by atoms with E-state index in [0.29, 0.717) is 5.41 Å². The maximum atomic E-state index is 5.56. The van der Waals surface area contributed by atoms with Crippen molar-refractivity contribution in [3.63, 3.8) is 0 Å². The molecule has 0 saturated heterocycles. The van der Waals surface area contributed by atoms with Gasteiger partial charge in [0.25, 0.3) is 0 Å². The Labute approximate surface area is 128 Å². The van der Waals surface area contributed by atoms with Crippen LogP contribution in [0.15, 0.2) is 18.2 Å². The fourth-order valence-corrected chi connectivity index (χ4v) is 7.29. The van der Waals surface area contributed by atoms with E-state index in [1.807, 2.05) is 7.11 Å². The van der Waals surface area contributed by atoms with E-state index in [2.05, 4.69) is 25.1 Å². The zero-order valence-corrected chi connectivity index (χ0v) is 13.3. The first-order valence-electron chi connectivity index (χ1n) is 8.93. The van der Waals surface area contributed by atoms with Gasteiger partial charge in [-0.25, -0.2) is 0 Å². The van der Waals surface area contributed by atoms with Crippen molar-refractivity contribution in [3.05, 3.63) is 29.3 Å². The Hall–Kier alpha value is -0.980. The number of methoxy groups -OCH3 is 1. The molecule has 3 unspecified atom stereocenters. The summed E-state index contributed by atoms with van der Waals surface area (Å²) in [5, 5.41) is 0. The van der Waals surface area contributed by atoms with E-state index in [9.17, 15) is 0 Å². The maximum Gasteiger partial charge on any atom is 0.119 e. The van der Waals surface area contributed by atoms with Crippen LogP contribution in [-0.4, -0.2) is 7.11 Å². The summed E-state index contributed by atoms with van der Waals surface area (Å²) in [6.07, 6.45) is 8.67. The monoisotopic (exact) mass is 282 g/mol. The molecule has 1 heteroatoms. The molecule has 0 aliphatic heterocycles. The highest BCUT2D eigenvalue weighted by Gasteiger charge is 2.67. The number of hydrogen-bond acceptors (Lipinski definition) is 1. The van der Waals surface area contributed by atoms with Crippen LogP contribution in [0.2, 0.25) is 0 Å². The van der Waals surface area contributed by atoms with Gasteiger partial charge in [-0.15, -0.1) is 0 Å². The van der Waals surface area contributed by atoms with E-state index in [1.165, 1.54) is 38.5 Å². The number of fused-ring (bicyclic) bond motifs is 2. The second-order valence-corrected chi connectivity index (χ2v) is 8.18. The van der Waals surface area contributed by atoms with Crippen LogP contribution in [0.5, 0.6) is 5.75 Å². The first kappa shape index (κ1) is 12.6. The molecule has 0 N–H and O–H groups in total. The third kappa shape index (κ3) is 1.34. The molecule has 4 aliphatic rings. The molecule has 4 aliphatic carbocycles. The Morgan fingerprint density at radius 3 is 2.95 bits per heavy atom. The topological polar surface area (TPSA) is 9.23 Å². The summed E-state index contributed by atoms with van der Waals surface area (Å²) in [5.41, 5.74) is 3.88. The second-order valence-electron chi connectivity index (χ2n) is 8.18. The molecule has 0 radical (unpaired) electrons. The molecule has 21 heavy (non-hydrogen) atoms. The van der Waals surface area contributed by atoms with Gasteiger partial charge in [-0.2, -0.15) is 0 Å². The lowest BCUT2D eigenvalue weighted by atomic mass is 9.53. The maximum absolute atomic E-state index is 5.56. The number of benzene rings is 1. The zero-order valence-electron chi connectivity index (χ0n) is 13.3. The molecule has 0 aromatic heterocycles. The van der Waals surface area contributed by atoms with Gasteiger partial charge in [0.2, 0.25) is 0 Å². The summed E-state index contributed by atoms with van der Waals surface area (Å²) in [6.45, 7) is 2.53. The number of hydrogen-bond donors (Lipinski definition) is 0. The van der Waals surface area contributed by atoms with Gasteiger partial charge in [0.05, 0.1) is 7.11 Å². The van der Waals surface area contributed by atoms with Gasteiger partial charge >= 0.3 is 0 Å². The van der Waals surface area contributed by atoms with E-state index in [-0.39, 0.29) is 0 Å². The third-order valence-electron chi connectivity index (χ3n) is 7.71. The minimum absolute atomic E-state index is 0.530. The van der Waals surface area contributed by atoms with Gasteiger partial charge < -0.3 is 4.74 Å². The molecule has 4 bridgehead atoms. The number of ether oxygens (including phenoxy) is 1. The molecule has 3 fully saturated rings. The smallest absolute Gasteiger partial charge is 0.119 e. The van der Waals surface area contributed by atoms with Crippen molar-refractivity contribution in [2.75, 3.05) is 7.11 Å². The second kappa shape index (κ2) is 4.06. The van der Waals surface area contributed by atoms with Crippen molar-refractivity contribution in [1.82, 2.24) is 0 Å². The van der Waals surface area contributed by atoms with Crippen molar-refractivity contribution in [3.8, 4) is 5.75 Å². The first-order valence-corrected chi connectivity index (χ1v) is 8.93. The lowest BCUT2D eigenvalue weighted by molar-refractivity contribution is 0.0817. The van der Waals surface area contributed by atoms with Crippen LogP contribution >= 0.6 is 0 Å². The van der Waals surface area contributed by atoms with Gasteiger partial charge in [-0.3, -0.25) is 0 Å². The van der Waals surface area contributed by atoms with Crippen molar-refractivity contribution < 1.29 is 4.74 Å². The predicted molar refractivity (Wildman–Crippen MR) is 84.6 cm³/mol. The van der Waals surface area contributed by atoms with Crippen LogP contribution in [-0.2, 0) is 11.8 Å². The van der Waals surface area contributed by atoms with Gasteiger partial charge in [-0.1, -0.05) is 25.8 Å². The Kier molecular flexibility index (Phi) is 2.42. The quantitative estimate of drug-likeness (QED) is 0.732. The zero-order chi connectivity index (χ0) is 14.2. The van der Waals surface area contributed by atoms with Crippen LogP contribution in [0.1, 0.15) is 50.2 Å². The van der Waals surface area contributed by atoms with Crippen molar-refractivity contribution >= 4 is 0 Å². The Balaban J connectivity index is 1.73. The summed E-state index contributed by atoms with van der Waals surface area (Å²) >= 11 is 0. The van der Waals surface area contributed by atoms with Gasteiger partial charge in [0.15, 0.2) is 0 Å². The predicted octanol–water partition coefficient (Wildman–Crippen LogP) is 4.58. The molecular weight excluding hydrogens is 256 g/mol. The van der Waals surface area contributed by atoms with E-state index < -0.39 is 0 Å². The van der Waals surface area contributed by atoms with E-state index >= 15 is 0 Å². The highest BCUT2D eigenvalue weighted by molar-refractivity contribution is 5.48. The third-order valence-corrected chi connectivity index (χ3v) is 7.71. The fourth-order valence-electron chi connectivity index (χ4n) is 7.29. The van der Waals surface area contributed by atoms with Crippen molar-refractivity contribution in [1.29, 1.82) is 0 Å². The van der Waals surface area contributed by atoms with Crippen LogP contribution in [0.3, 0.4) is 0 Å². The SMILES string of the molecule is COc1ccc2c(c1)[C@]13CCCC[C@@H]1[C@H]1C(C)CC3C1C2. The molecule has 6 atom stereocenters. The molecule has 1 spiro atoms. The van der Waals surface area contributed by atoms with E-state index in [4.69, 9.17) is 4.74 Å². The molecular formula is C20H26O. The minimum atomic E-state index is 0.530. The molecule has 0 amide bonds. The first-order chi connectivity index (χ1) is 10.3. The molecule has 3 saturated carbocycles. The highest BCUT2D eigenvalue weighted by Crippen LogP contribution is 2.72. The van der Waals surface area contributed by atoms with Crippen LogP contribution in [0.4, 0.5) is 0 Å². The average molecular weight is 282 g/mol. The Morgan fingerprint density at radius 2 is 2.10 bits per heavy atom. The summed E-state index contributed by atoms with van der Waals surface area (Å²) in [5.74, 6) is 5.98. The Morgan fingerprint density at radius 1 is 1.19 bits per heavy atom. The fraction of sp³-hybridized carbons (Fsp3) is 0.700. The largest absolute Gasteiger partial charge is 0.497 e. The van der Waals surface area contributed by atoms with Gasteiger partial charge in [0.1, 0.15) is 5.75 Å². The molecule has 5 rings (SSSR count). The summed E-state index contributed by atoms with van der Waals surface area (Å²) in [6, 6.07) is 6.97. The van der Waals surface area contributed by atoms with Crippen LogP contribution in [0.25, 0.3) is 0 Å². The molecule has 112 valence electrons. The molecule has 1 aromatic rings. The lowest BCUT2D eigenvalue weighted by Crippen LogP contribution is -2.46. The molecule has 0 heterocycles. The average Bonchev–Trinajstić information content (AvgIpc) is 2.93. The summed E-state index contributed by atoms with van der Waals surface area (Å²) in [4.78, 5) is 0. The summed E-state index contributed by atoms with van der Waals surface area (Å²) < 4.78 is 5.56. The summed E-state index contributed by atoms with van der Waals surface area (Å²) in [7, 11) is 1.81. The normalized spacial score (nSPS) is 46.1. The molecule has 1 aromatic carbocycles. The van der Waals surface area contributed by atoms with Crippen molar-refractivity contribution in [2.24, 2.45) is 29.6 Å². The van der Waals surface area contributed by atoms with Crippen LogP contribution < -0.4 is 4.74 Å². The lowest BCUT2D eigenvalue weighted by Gasteiger charge is -2.51. The van der Waals surface area contributed by atoms with E-state index in [0.717, 1.165) is 35.3 Å². The van der Waals surface area contributed by atoms with E-state index in [1.54, 1.807) is 11.1 Å². The van der Waals surface area contributed by atoms with Crippen molar-refractivity contribution in [2.45, 2.75) is 50.9 Å². The minimum Gasteiger partial charge on any atom is -0.497 e. The van der Waals surface area contributed by atoms with Gasteiger partial charge in [0, 0.05) is 5.41 Å². The standard InChI is InChI=1S/C20H26O/c1-12-9-18-15-10-13-6-7-14(21-2)11-17(13)20(18)8-4-3-5-16(20)19(12)15/h6-7,11-12,15-16,18-19H,3-5,8-10H2,1-2H3/t12?,15?,16-,18?,19+,20+/m1/s1. The highest BCUT2D eigenvalue weighted by atomic mass is 16.5. The van der Waals surface area contributed by atoms with Crippen LogP contribution in [0, 0.1) is 29.6 Å².